The molecule has 0 saturated carbocycles. The number of nitrogens with one attached hydrogen (secondary N) is 1. The van der Waals surface area contributed by atoms with Crippen LogP contribution in [0.5, 0.6) is 0 Å². The van der Waals surface area contributed by atoms with Gasteiger partial charge in [0.1, 0.15) is 0 Å². The molecule has 0 unspecified atom stereocenters. The van der Waals surface area contributed by atoms with Crippen molar-refractivity contribution < 1.29 is 14.3 Å². The van der Waals surface area contributed by atoms with E-state index < -0.39 is 12.0 Å². The lowest BCUT2D eigenvalue weighted by Crippen LogP contribution is -2.32. The lowest BCUT2D eigenvalue weighted by molar-refractivity contribution is -0.117. The van der Waals surface area contributed by atoms with Gasteiger partial charge in [-0.1, -0.05) is 42.1 Å². The maximum atomic E-state index is 11.5. The Morgan fingerprint density at radius 2 is 2.10 bits per heavy atom. The van der Waals surface area contributed by atoms with E-state index in [2.05, 4.69) is 15.0 Å². The van der Waals surface area contributed by atoms with Crippen molar-refractivity contribution in [1.82, 2.24) is 10.3 Å². The number of aromatic nitrogens is 1. The van der Waals surface area contributed by atoms with E-state index in [9.17, 15) is 9.59 Å². The van der Waals surface area contributed by atoms with E-state index in [0.717, 1.165) is 15.6 Å². The smallest absolute Gasteiger partial charge is 0.413 e. The fourth-order valence-corrected chi connectivity index (χ4v) is 3.14. The van der Waals surface area contributed by atoms with Crippen molar-refractivity contribution in [3.8, 4) is 11.3 Å². The molecule has 2 amide bonds. The molecule has 110 valence electrons. The number of alkyl carbamates (subject to hydrolysis) is 1. The standard InChI is InChI=1S/C14H14N2O3S2/c1-2-19-13(18)16-12(17)9-21-14-15-11(8-20-14)10-6-4-3-5-7-10/h3-8H,2,9H2,1H3,(H,16,17,18). The number of carbonyl (C=O) groups is 2. The quantitative estimate of drug-likeness (QED) is 0.856. The topological polar surface area (TPSA) is 68.3 Å². The minimum atomic E-state index is -0.716. The van der Waals surface area contributed by atoms with Gasteiger partial charge in [0.2, 0.25) is 5.91 Å². The summed E-state index contributed by atoms with van der Waals surface area (Å²) in [6.45, 7) is 1.92. The van der Waals surface area contributed by atoms with Crippen molar-refractivity contribution in [3.05, 3.63) is 35.7 Å². The first kappa shape index (κ1) is 15.5. The van der Waals surface area contributed by atoms with Crippen LogP contribution in [0.15, 0.2) is 40.1 Å². The van der Waals surface area contributed by atoms with Crippen molar-refractivity contribution in [3.63, 3.8) is 0 Å². The number of hydrogen-bond donors (Lipinski definition) is 1. The summed E-state index contributed by atoms with van der Waals surface area (Å²) in [6, 6.07) is 9.82. The first-order valence-corrected chi connectivity index (χ1v) is 8.16. The molecule has 0 spiro atoms. The summed E-state index contributed by atoms with van der Waals surface area (Å²) in [4.78, 5) is 27.1. The van der Waals surface area contributed by atoms with E-state index in [4.69, 9.17) is 0 Å². The monoisotopic (exact) mass is 322 g/mol. The number of benzene rings is 1. The number of carbonyl (C=O) groups excluding carboxylic acids is 2. The van der Waals surface area contributed by atoms with Gasteiger partial charge in [0.15, 0.2) is 4.34 Å². The average Bonchev–Trinajstić information content (AvgIpc) is 2.95. The van der Waals surface area contributed by atoms with E-state index in [1.54, 1.807) is 6.92 Å². The van der Waals surface area contributed by atoms with Crippen LogP contribution in [-0.2, 0) is 9.53 Å². The maximum Gasteiger partial charge on any atom is 0.413 e. The van der Waals surface area contributed by atoms with Gasteiger partial charge < -0.3 is 4.74 Å². The lowest BCUT2D eigenvalue weighted by Gasteiger charge is -2.02. The fraction of sp³-hybridized carbons (Fsp3) is 0.214. The van der Waals surface area contributed by atoms with Gasteiger partial charge in [0.05, 0.1) is 18.1 Å². The second-order valence-electron chi connectivity index (χ2n) is 3.92. The van der Waals surface area contributed by atoms with Crippen molar-refractivity contribution in [2.75, 3.05) is 12.4 Å². The van der Waals surface area contributed by atoms with Crippen LogP contribution < -0.4 is 5.32 Å². The van der Waals surface area contributed by atoms with E-state index in [1.165, 1.54) is 23.1 Å². The summed E-state index contributed by atoms with van der Waals surface area (Å²) in [5, 5.41) is 4.09. The molecule has 0 saturated heterocycles. The summed E-state index contributed by atoms with van der Waals surface area (Å²) >= 11 is 2.76. The second-order valence-corrected chi connectivity index (χ2v) is 6.00. The van der Waals surface area contributed by atoms with Gasteiger partial charge in [-0.3, -0.25) is 10.1 Å². The molecule has 0 aliphatic carbocycles. The van der Waals surface area contributed by atoms with Crippen molar-refractivity contribution in [2.24, 2.45) is 0 Å². The third-order valence-corrected chi connectivity index (χ3v) is 4.42. The zero-order valence-electron chi connectivity index (χ0n) is 11.4. The van der Waals surface area contributed by atoms with Crippen molar-refractivity contribution >= 4 is 35.1 Å². The van der Waals surface area contributed by atoms with E-state index in [-0.39, 0.29) is 12.4 Å². The Balaban J connectivity index is 1.86. The molecule has 0 bridgehead atoms. The average molecular weight is 322 g/mol. The van der Waals surface area contributed by atoms with Gasteiger partial charge in [-0.2, -0.15) is 0 Å². The molecule has 0 aliphatic heterocycles. The summed E-state index contributed by atoms with van der Waals surface area (Å²) in [5.41, 5.74) is 1.92. The molecule has 7 heteroatoms. The van der Waals surface area contributed by atoms with Gasteiger partial charge in [-0.05, 0) is 6.92 Å². The number of nitrogens with zero attached hydrogens (tertiary/aromatic N) is 1. The first-order chi connectivity index (χ1) is 10.2. The number of thioether (sulfide) groups is 1. The highest BCUT2D eigenvalue weighted by Crippen LogP contribution is 2.27. The van der Waals surface area contributed by atoms with Gasteiger partial charge in [-0.25, -0.2) is 9.78 Å². The van der Waals surface area contributed by atoms with Crippen LogP contribution in [0.25, 0.3) is 11.3 Å². The summed E-state index contributed by atoms with van der Waals surface area (Å²) in [7, 11) is 0. The number of imide groups is 1. The summed E-state index contributed by atoms with van der Waals surface area (Å²) in [6.07, 6.45) is -0.716. The van der Waals surface area contributed by atoms with Gasteiger partial charge in [0, 0.05) is 10.9 Å². The predicted molar refractivity (Wildman–Crippen MR) is 83.4 cm³/mol. The SMILES string of the molecule is CCOC(=O)NC(=O)CSc1nc(-c2ccccc2)cs1. The number of rotatable bonds is 5. The van der Waals surface area contributed by atoms with Crippen molar-refractivity contribution in [2.45, 2.75) is 11.3 Å². The fourth-order valence-electron chi connectivity index (χ4n) is 1.51. The molecule has 21 heavy (non-hydrogen) atoms. The van der Waals surface area contributed by atoms with Crippen LogP contribution >= 0.6 is 23.1 Å². The third-order valence-electron chi connectivity index (χ3n) is 2.40. The molecule has 1 heterocycles. The molecule has 1 N–H and O–H groups in total. The molecule has 0 radical (unpaired) electrons. The van der Waals surface area contributed by atoms with E-state index >= 15 is 0 Å². The van der Waals surface area contributed by atoms with Crippen LogP contribution in [0.3, 0.4) is 0 Å². The predicted octanol–water partition coefficient (Wildman–Crippen LogP) is 3.17. The van der Waals surface area contributed by atoms with E-state index in [1.807, 2.05) is 35.7 Å². The first-order valence-electron chi connectivity index (χ1n) is 6.29. The molecule has 2 aromatic rings. The minimum Gasteiger partial charge on any atom is -0.450 e. The zero-order chi connectivity index (χ0) is 15.1. The Bertz CT molecular complexity index is 614. The molecule has 0 aliphatic rings. The number of ether oxygens (including phenoxy) is 1. The molecule has 1 aromatic carbocycles. The highest BCUT2D eigenvalue weighted by molar-refractivity contribution is 8.01. The largest absolute Gasteiger partial charge is 0.450 e. The molecule has 0 fully saturated rings. The highest BCUT2D eigenvalue weighted by Gasteiger charge is 2.11. The maximum absolute atomic E-state index is 11.5. The molecular weight excluding hydrogens is 308 g/mol. The van der Waals surface area contributed by atoms with Gasteiger partial charge in [0.25, 0.3) is 0 Å². The van der Waals surface area contributed by atoms with Crippen LogP contribution in [-0.4, -0.2) is 29.3 Å². The summed E-state index contributed by atoms with van der Waals surface area (Å²) in [5.74, 6) is -0.268. The molecule has 5 nitrogen and oxygen atoms in total. The number of amides is 2. The molecule has 2 rings (SSSR count). The second kappa shape index (κ2) is 7.80. The van der Waals surface area contributed by atoms with Crippen LogP contribution in [0, 0.1) is 0 Å². The number of thiazole rings is 1. The molecule has 1 aromatic heterocycles. The van der Waals surface area contributed by atoms with Crippen molar-refractivity contribution in [1.29, 1.82) is 0 Å². The van der Waals surface area contributed by atoms with Crippen LogP contribution in [0.4, 0.5) is 4.79 Å². The Hall–Kier alpha value is -1.86. The minimum absolute atomic E-state index is 0.126. The Kier molecular flexibility index (Phi) is 5.77. The van der Waals surface area contributed by atoms with Gasteiger partial charge >= 0.3 is 6.09 Å². The Morgan fingerprint density at radius 1 is 1.33 bits per heavy atom. The van der Waals surface area contributed by atoms with Crippen LogP contribution in [0.2, 0.25) is 0 Å². The Morgan fingerprint density at radius 3 is 2.81 bits per heavy atom. The van der Waals surface area contributed by atoms with E-state index in [0.29, 0.717) is 0 Å². The van der Waals surface area contributed by atoms with Gasteiger partial charge in [-0.15, -0.1) is 11.3 Å². The zero-order valence-corrected chi connectivity index (χ0v) is 13.0. The third kappa shape index (κ3) is 4.87. The molecule has 0 atom stereocenters. The Labute approximate surface area is 130 Å². The molecular formula is C14H14N2O3S2. The summed E-state index contributed by atoms with van der Waals surface area (Å²) < 4.78 is 5.42. The number of hydrogen-bond acceptors (Lipinski definition) is 6. The normalized spacial score (nSPS) is 10.1. The highest BCUT2D eigenvalue weighted by atomic mass is 32.2. The lowest BCUT2D eigenvalue weighted by atomic mass is 10.2. The van der Waals surface area contributed by atoms with Crippen LogP contribution in [0.1, 0.15) is 6.92 Å².